The van der Waals surface area contributed by atoms with Gasteiger partial charge in [0.1, 0.15) is 22.2 Å². The number of rotatable bonds is 3. The SMILES string of the molecule is Cc1oc2cc(OC(=O)c3cnc(Cl)c(Cl)c3)ccc2c(=O)c1-c1ccccc1. The molecule has 0 N–H and O–H groups in total. The maximum absolute atomic E-state index is 13.0. The smallest absolute Gasteiger partial charge is 0.345 e. The van der Waals surface area contributed by atoms with Gasteiger partial charge in [-0.05, 0) is 30.7 Å². The number of nitrogens with zero attached hydrogens (tertiary/aromatic N) is 1. The fourth-order valence-corrected chi connectivity index (χ4v) is 3.26. The molecule has 2 aromatic heterocycles. The predicted octanol–water partition coefficient (Wildman–Crippen LogP) is 5.69. The molecule has 2 heterocycles. The molecule has 0 unspecified atom stereocenters. The molecule has 0 saturated heterocycles. The summed E-state index contributed by atoms with van der Waals surface area (Å²) >= 11 is 11.6. The van der Waals surface area contributed by atoms with Gasteiger partial charge in [0.25, 0.3) is 0 Å². The maximum atomic E-state index is 13.0. The Balaban J connectivity index is 1.71. The molecule has 0 aliphatic heterocycles. The van der Waals surface area contributed by atoms with Crippen molar-refractivity contribution in [3.63, 3.8) is 0 Å². The topological polar surface area (TPSA) is 69.4 Å². The van der Waals surface area contributed by atoms with Gasteiger partial charge in [0.2, 0.25) is 5.43 Å². The van der Waals surface area contributed by atoms with Crippen LogP contribution in [0.25, 0.3) is 22.1 Å². The number of hydrogen-bond donors (Lipinski definition) is 0. The molecule has 0 aliphatic rings. The van der Waals surface area contributed by atoms with E-state index >= 15 is 0 Å². The largest absolute Gasteiger partial charge is 0.460 e. The number of esters is 1. The Morgan fingerprint density at radius 1 is 1.07 bits per heavy atom. The number of aryl methyl sites for hydroxylation is 1. The second-order valence-corrected chi connectivity index (χ2v) is 7.04. The summed E-state index contributed by atoms with van der Waals surface area (Å²) in [4.78, 5) is 29.1. The average molecular weight is 426 g/mol. The molecule has 5 nitrogen and oxygen atoms in total. The highest BCUT2D eigenvalue weighted by Crippen LogP contribution is 2.27. The second kappa shape index (κ2) is 7.70. The molecule has 0 fully saturated rings. The van der Waals surface area contributed by atoms with Crippen LogP contribution in [0.4, 0.5) is 0 Å². The zero-order valence-corrected chi connectivity index (χ0v) is 16.6. The van der Waals surface area contributed by atoms with Crippen LogP contribution in [0, 0.1) is 6.92 Å². The molecule has 29 heavy (non-hydrogen) atoms. The van der Waals surface area contributed by atoms with E-state index in [9.17, 15) is 9.59 Å². The van der Waals surface area contributed by atoms with Crippen molar-refractivity contribution in [1.82, 2.24) is 4.98 Å². The Labute approximate surface area is 175 Å². The highest BCUT2D eigenvalue weighted by Gasteiger charge is 2.16. The number of carbonyl (C=O) groups is 1. The van der Waals surface area contributed by atoms with Gasteiger partial charge in [-0.2, -0.15) is 0 Å². The molecule has 7 heteroatoms. The third-order valence-corrected chi connectivity index (χ3v) is 5.03. The summed E-state index contributed by atoms with van der Waals surface area (Å²) in [5.41, 5.74) is 1.61. The van der Waals surface area contributed by atoms with Crippen molar-refractivity contribution in [3.8, 4) is 16.9 Å². The molecule has 0 radical (unpaired) electrons. The first-order valence-electron chi connectivity index (χ1n) is 8.60. The lowest BCUT2D eigenvalue weighted by molar-refractivity contribution is 0.0734. The Hall–Kier alpha value is -3.15. The summed E-state index contributed by atoms with van der Waals surface area (Å²) in [6.07, 6.45) is 1.27. The van der Waals surface area contributed by atoms with Crippen molar-refractivity contribution in [2.24, 2.45) is 0 Å². The molecule has 144 valence electrons. The van der Waals surface area contributed by atoms with E-state index in [4.69, 9.17) is 32.4 Å². The van der Waals surface area contributed by atoms with Crippen LogP contribution < -0.4 is 10.2 Å². The minimum atomic E-state index is -0.657. The lowest BCUT2D eigenvalue weighted by Crippen LogP contribution is -2.10. The molecule has 4 aromatic rings. The summed E-state index contributed by atoms with van der Waals surface area (Å²) in [6.45, 7) is 1.73. The molecule has 0 bridgehead atoms. The van der Waals surface area contributed by atoms with Crippen molar-refractivity contribution in [2.45, 2.75) is 6.92 Å². The van der Waals surface area contributed by atoms with E-state index in [-0.39, 0.29) is 26.9 Å². The van der Waals surface area contributed by atoms with Gasteiger partial charge in [-0.1, -0.05) is 53.5 Å². The van der Waals surface area contributed by atoms with E-state index in [0.29, 0.717) is 22.3 Å². The van der Waals surface area contributed by atoms with Crippen LogP contribution in [0.15, 0.2) is 70.0 Å². The van der Waals surface area contributed by atoms with E-state index in [0.717, 1.165) is 5.56 Å². The number of halogens is 2. The number of pyridine rings is 1. The van der Waals surface area contributed by atoms with Crippen LogP contribution in [0.2, 0.25) is 10.2 Å². The van der Waals surface area contributed by atoms with Gasteiger partial charge in [-0.25, -0.2) is 9.78 Å². The fourth-order valence-electron chi connectivity index (χ4n) is 2.99. The number of carbonyl (C=O) groups excluding carboxylic acids is 1. The van der Waals surface area contributed by atoms with Gasteiger partial charge in [0, 0.05) is 12.3 Å². The Kier molecular flexibility index (Phi) is 5.09. The Bertz CT molecular complexity index is 1300. The van der Waals surface area contributed by atoms with Crippen LogP contribution in [0.5, 0.6) is 5.75 Å². The van der Waals surface area contributed by atoms with E-state index < -0.39 is 5.97 Å². The maximum Gasteiger partial charge on any atom is 0.345 e. The van der Waals surface area contributed by atoms with Crippen molar-refractivity contribution in [3.05, 3.63) is 92.5 Å². The lowest BCUT2D eigenvalue weighted by atomic mass is 10.0. The zero-order chi connectivity index (χ0) is 20.5. The van der Waals surface area contributed by atoms with Gasteiger partial charge >= 0.3 is 5.97 Å². The molecule has 0 spiro atoms. The molecule has 2 aromatic carbocycles. The standard InChI is InChI=1S/C22H13Cl2NO4/c1-12-19(13-5-3-2-4-6-13)20(26)16-8-7-15(10-18(16)28-12)29-22(27)14-9-17(23)21(24)25-11-14/h2-11H,1H3. The molecule has 0 atom stereocenters. The van der Waals surface area contributed by atoms with Gasteiger partial charge in [0.15, 0.2) is 0 Å². The van der Waals surface area contributed by atoms with Gasteiger partial charge in [-0.3, -0.25) is 4.79 Å². The third kappa shape index (κ3) is 3.75. The molecule has 4 rings (SSSR count). The third-order valence-electron chi connectivity index (χ3n) is 4.34. The monoisotopic (exact) mass is 425 g/mol. The molecular formula is C22H13Cl2NO4. The van der Waals surface area contributed by atoms with Crippen molar-refractivity contribution >= 4 is 40.1 Å². The molecule has 0 amide bonds. The van der Waals surface area contributed by atoms with Gasteiger partial charge < -0.3 is 9.15 Å². The van der Waals surface area contributed by atoms with Gasteiger partial charge in [0.05, 0.1) is 21.5 Å². The Morgan fingerprint density at radius 2 is 1.83 bits per heavy atom. The summed E-state index contributed by atoms with van der Waals surface area (Å²) in [5, 5.41) is 0.639. The van der Waals surface area contributed by atoms with Crippen LogP contribution in [0.1, 0.15) is 16.1 Å². The highest BCUT2D eigenvalue weighted by atomic mass is 35.5. The number of ether oxygens (including phenoxy) is 1. The number of hydrogen-bond acceptors (Lipinski definition) is 5. The number of benzene rings is 2. The summed E-state index contributed by atoms with van der Waals surface area (Å²) in [7, 11) is 0. The lowest BCUT2D eigenvalue weighted by Gasteiger charge is -2.09. The van der Waals surface area contributed by atoms with Crippen LogP contribution >= 0.6 is 23.2 Å². The summed E-state index contributed by atoms with van der Waals surface area (Å²) in [6, 6.07) is 15.3. The van der Waals surface area contributed by atoms with Crippen LogP contribution in [0.3, 0.4) is 0 Å². The molecule has 0 aliphatic carbocycles. The van der Waals surface area contributed by atoms with E-state index in [2.05, 4.69) is 4.98 Å². The summed E-state index contributed by atoms with van der Waals surface area (Å²) < 4.78 is 11.2. The fraction of sp³-hybridized carbons (Fsp3) is 0.0455. The van der Waals surface area contributed by atoms with Crippen molar-refractivity contribution in [1.29, 1.82) is 0 Å². The van der Waals surface area contributed by atoms with E-state index in [1.807, 2.05) is 30.3 Å². The van der Waals surface area contributed by atoms with Crippen LogP contribution in [-0.2, 0) is 0 Å². The molecular weight excluding hydrogens is 413 g/mol. The molecule has 0 saturated carbocycles. The minimum absolute atomic E-state index is 0.0976. The van der Waals surface area contributed by atoms with Gasteiger partial charge in [-0.15, -0.1) is 0 Å². The minimum Gasteiger partial charge on any atom is -0.460 e. The quantitative estimate of drug-likeness (QED) is 0.239. The first-order chi connectivity index (χ1) is 13.9. The number of aromatic nitrogens is 1. The van der Waals surface area contributed by atoms with Crippen LogP contribution in [-0.4, -0.2) is 11.0 Å². The zero-order valence-electron chi connectivity index (χ0n) is 15.1. The first kappa shape index (κ1) is 19.2. The normalized spacial score (nSPS) is 10.9. The number of fused-ring (bicyclic) bond motifs is 1. The Morgan fingerprint density at radius 3 is 2.55 bits per heavy atom. The first-order valence-corrected chi connectivity index (χ1v) is 9.36. The van der Waals surface area contributed by atoms with Crippen molar-refractivity contribution < 1.29 is 13.9 Å². The second-order valence-electron chi connectivity index (χ2n) is 6.27. The highest BCUT2D eigenvalue weighted by molar-refractivity contribution is 6.41. The van der Waals surface area contributed by atoms with E-state index in [1.165, 1.54) is 24.4 Å². The summed E-state index contributed by atoms with van der Waals surface area (Å²) in [5.74, 6) is 0.0461. The predicted molar refractivity (Wildman–Crippen MR) is 112 cm³/mol. The van der Waals surface area contributed by atoms with E-state index in [1.54, 1.807) is 13.0 Å². The average Bonchev–Trinajstić information content (AvgIpc) is 2.70. The van der Waals surface area contributed by atoms with Crippen molar-refractivity contribution in [2.75, 3.05) is 0 Å².